The number of rotatable bonds is 4. The summed E-state index contributed by atoms with van der Waals surface area (Å²) in [4.78, 5) is 2.84. The van der Waals surface area contributed by atoms with E-state index >= 15 is 0 Å². The Labute approximate surface area is 129 Å². The van der Waals surface area contributed by atoms with Gasteiger partial charge in [0.05, 0.1) is 0 Å². The van der Waals surface area contributed by atoms with Crippen LogP contribution in [0.25, 0.3) is 0 Å². The molecule has 0 bridgehead atoms. The summed E-state index contributed by atoms with van der Waals surface area (Å²) in [5.74, 6) is 0. The van der Waals surface area contributed by atoms with Gasteiger partial charge < -0.3 is 5.32 Å². The molecule has 1 atom stereocenters. The van der Waals surface area contributed by atoms with Gasteiger partial charge in [-0.25, -0.2) is 0 Å². The summed E-state index contributed by atoms with van der Waals surface area (Å²) >= 11 is 0. The Hall–Kier alpha value is -0.860. The van der Waals surface area contributed by atoms with Crippen LogP contribution in [0.5, 0.6) is 0 Å². The summed E-state index contributed by atoms with van der Waals surface area (Å²) in [5, 5.41) is 3.86. The summed E-state index contributed by atoms with van der Waals surface area (Å²) in [5.41, 5.74) is 1.91. The van der Waals surface area contributed by atoms with Crippen LogP contribution in [0.4, 0.5) is 0 Å². The van der Waals surface area contributed by atoms with Gasteiger partial charge in [0.1, 0.15) is 0 Å². The molecular weight excluding hydrogens is 256 g/mol. The van der Waals surface area contributed by atoms with Crippen LogP contribution >= 0.6 is 0 Å². The molecule has 1 aliphatic heterocycles. The third kappa shape index (κ3) is 3.32. The van der Waals surface area contributed by atoms with E-state index < -0.39 is 0 Å². The lowest BCUT2D eigenvalue weighted by atomic mass is 9.77. The molecule has 1 unspecified atom stereocenters. The first-order chi connectivity index (χ1) is 10.3. The molecule has 1 aliphatic carbocycles. The fraction of sp³-hybridized carbons (Fsp3) is 0.684. The topological polar surface area (TPSA) is 15.3 Å². The maximum atomic E-state index is 3.86. The third-order valence-corrected chi connectivity index (χ3v) is 5.52. The maximum absolute atomic E-state index is 3.86. The summed E-state index contributed by atoms with van der Waals surface area (Å²) in [6.07, 6.45) is 9.70. The molecule has 2 fully saturated rings. The molecule has 1 spiro atoms. The van der Waals surface area contributed by atoms with Gasteiger partial charge in [0, 0.05) is 24.7 Å². The van der Waals surface area contributed by atoms with Crippen molar-refractivity contribution in [1.82, 2.24) is 10.2 Å². The third-order valence-electron chi connectivity index (χ3n) is 5.52. The molecule has 0 aromatic heterocycles. The number of nitrogens with zero attached hydrogens (tertiary/aromatic N) is 1. The van der Waals surface area contributed by atoms with Crippen molar-refractivity contribution in [2.24, 2.45) is 0 Å². The maximum Gasteiger partial charge on any atom is 0.0450 e. The van der Waals surface area contributed by atoms with Gasteiger partial charge >= 0.3 is 0 Å². The molecule has 1 N–H and O–H groups in total. The van der Waals surface area contributed by atoms with E-state index in [1.807, 2.05) is 0 Å². The van der Waals surface area contributed by atoms with E-state index in [-0.39, 0.29) is 0 Å². The zero-order valence-electron chi connectivity index (χ0n) is 13.5. The van der Waals surface area contributed by atoms with Crippen molar-refractivity contribution in [3.05, 3.63) is 35.9 Å². The van der Waals surface area contributed by atoms with Crippen LogP contribution in [0.1, 0.15) is 63.5 Å². The van der Waals surface area contributed by atoms with Crippen molar-refractivity contribution < 1.29 is 0 Å². The molecule has 1 aromatic rings. The van der Waals surface area contributed by atoms with Crippen LogP contribution in [0.15, 0.2) is 30.3 Å². The molecule has 1 heterocycles. The zero-order valence-corrected chi connectivity index (χ0v) is 13.5. The average Bonchev–Trinajstić information content (AvgIpc) is 2.56. The molecule has 1 aromatic carbocycles. The predicted octanol–water partition coefficient (Wildman–Crippen LogP) is 4.14. The van der Waals surface area contributed by atoms with Crippen LogP contribution < -0.4 is 5.32 Å². The Kier molecular flexibility index (Phi) is 4.97. The van der Waals surface area contributed by atoms with Gasteiger partial charge in [0.25, 0.3) is 0 Å². The fourth-order valence-corrected chi connectivity index (χ4v) is 4.19. The molecule has 116 valence electrons. The SMILES string of the molecule is CCCCN1CC(c2ccccc2)NCC12CCCCC2. The Balaban J connectivity index is 1.74. The largest absolute Gasteiger partial charge is 0.307 e. The first-order valence-electron chi connectivity index (χ1n) is 8.87. The standard InChI is InChI=1S/C19H30N2/c1-2-3-14-21-15-18(17-10-6-4-7-11-17)20-16-19(21)12-8-5-9-13-19/h4,6-7,10-11,18,20H,2-3,5,8-9,12-16H2,1H3. The lowest BCUT2D eigenvalue weighted by Gasteiger charge is -2.52. The Morgan fingerprint density at radius 1 is 1.14 bits per heavy atom. The quantitative estimate of drug-likeness (QED) is 0.895. The van der Waals surface area contributed by atoms with Crippen molar-refractivity contribution in [3.63, 3.8) is 0 Å². The number of hydrogen-bond acceptors (Lipinski definition) is 2. The van der Waals surface area contributed by atoms with Gasteiger partial charge in [-0.05, 0) is 31.4 Å². The van der Waals surface area contributed by atoms with E-state index in [0.717, 1.165) is 0 Å². The fourth-order valence-electron chi connectivity index (χ4n) is 4.19. The lowest BCUT2D eigenvalue weighted by molar-refractivity contribution is 0.00858. The predicted molar refractivity (Wildman–Crippen MR) is 89.5 cm³/mol. The number of unbranched alkanes of at least 4 members (excludes halogenated alkanes) is 1. The number of nitrogens with one attached hydrogen (secondary N) is 1. The highest BCUT2D eigenvalue weighted by Gasteiger charge is 2.41. The molecule has 3 rings (SSSR count). The first kappa shape index (κ1) is 15.1. The normalized spacial score (nSPS) is 26.0. The van der Waals surface area contributed by atoms with Gasteiger partial charge in [-0.3, -0.25) is 4.90 Å². The van der Waals surface area contributed by atoms with E-state index in [1.54, 1.807) is 0 Å². The summed E-state index contributed by atoms with van der Waals surface area (Å²) in [7, 11) is 0. The minimum atomic E-state index is 0.457. The van der Waals surface area contributed by atoms with Crippen LogP contribution in [0.3, 0.4) is 0 Å². The second-order valence-corrected chi connectivity index (χ2v) is 6.93. The molecule has 21 heavy (non-hydrogen) atoms. The molecule has 0 amide bonds. The number of piperazine rings is 1. The Morgan fingerprint density at radius 3 is 2.62 bits per heavy atom. The zero-order chi connectivity index (χ0) is 14.5. The first-order valence-corrected chi connectivity index (χ1v) is 8.87. The minimum Gasteiger partial charge on any atom is -0.307 e. The highest BCUT2D eigenvalue weighted by atomic mass is 15.3. The Bertz CT molecular complexity index is 422. The summed E-state index contributed by atoms with van der Waals surface area (Å²) < 4.78 is 0. The van der Waals surface area contributed by atoms with E-state index in [1.165, 1.54) is 70.1 Å². The van der Waals surface area contributed by atoms with Crippen LogP contribution in [-0.4, -0.2) is 30.1 Å². The summed E-state index contributed by atoms with van der Waals surface area (Å²) in [6, 6.07) is 11.5. The highest BCUT2D eigenvalue weighted by molar-refractivity contribution is 5.21. The van der Waals surface area contributed by atoms with E-state index in [2.05, 4.69) is 47.5 Å². The molecular formula is C19H30N2. The van der Waals surface area contributed by atoms with E-state index in [0.29, 0.717) is 11.6 Å². The number of benzene rings is 1. The van der Waals surface area contributed by atoms with Crippen molar-refractivity contribution in [1.29, 1.82) is 0 Å². The van der Waals surface area contributed by atoms with Crippen molar-refractivity contribution in [2.45, 2.75) is 63.5 Å². The van der Waals surface area contributed by atoms with Gasteiger partial charge in [0.15, 0.2) is 0 Å². The molecule has 0 radical (unpaired) electrons. The average molecular weight is 286 g/mol. The molecule has 2 nitrogen and oxygen atoms in total. The molecule has 1 saturated heterocycles. The van der Waals surface area contributed by atoms with Gasteiger partial charge in [-0.2, -0.15) is 0 Å². The second kappa shape index (κ2) is 6.93. The number of hydrogen-bond donors (Lipinski definition) is 1. The van der Waals surface area contributed by atoms with Gasteiger partial charge in [0.2, 0.25) is 0 Å². The Morgan fingerprint density at radius 2 is 1.90 bits per heavy atom. The van der Waals surface area contributed by atoms with Crippen LogP contribution in [-0.2, 0) is 0 Å². The second-order valence-electron chi connectivity index (χ2n) is 6.93. The van der Waals surface area contributed by atoms with Crippen molar-refractivity contribution in [2.75, 3.05) is 19.6 Å². The molecule has 2 heteroatoms. The van der Waals surface area contributed by atoms with Gasteiger partial charge in [-0.1, -0.05) is 62.9 Å². The van der Waals surface area contributed by atoms with Crippen LogP contribution in [0.2, 0.25) is 0 Å². The van der Waals surface area contributed by atoms with Crippen molar-refractivity contribution in [3.8, 4) is 0 Å². The summed E-state index contributed by atoms with van der Waals surface area (Å²) in [6.45, 7) is 5.95. The smallest absolute Gasteiger partial charge is 0.0450 e. The highest BCUT2D eigenvalue weighted by Crippen LogP contribution is 2.37. The van der Waals surface area contributed by atoms with E-state index in [4.69, 9.17) is 0 Å². The molecule has 1 saturated carbocycles. The molecule has 2 aliphatic rings. The van der Waals surface area contributed by atoms with Crippen molar-refractivity contribution >= 4 is 0 Å². The van der Waals surface area contributed by atoms with E-state index in [9.17, 15) is 0 Å². The monoisotopic (exact) mass is 286 g/mol. The lowest BCUT2D eigenvalue weighted by Crippen LogP contribution is -2.62. The van der Waals surface area contributed by atoms with Crippen LogP contribution in [0, 0.1) is 0 Å². The minimum absolute atomic E-state index is 0.457. The van der Waals surface area contributed by atoms with Gasteiger partial charge in [-0.15, -0.1) is 0 Å².